The van der Waals surface area contributed by atoms with Gasteiger partial charge < -0.3 is 14.2 Å². The van der Waals surface area contributed by atoms with Gasteiger partial charge >= 0.3 is 0 Å². The van der Waals surface area contributed by atoms with E-state index < -0.39 is 0 Å². The van der Waals surface area contributed by atoms with Crippen molar-refractivity contribution in [3.8, 4) is 28.6 Å². The summed E-state index contributed by atoms with van der Waals surface area (Å²) in [5.74, 6) is 1.66. The van der Waals surface area contributed by atoms with Crippen LogP contribution in [0.1, 0.15) is 16.8 Å². The maximum Gasteiger partial charge on any atom is 0.257 e. The van der Waals surface area contributed by atoms with Crippen LogP contribution < -0.4 is 14.2 Å². The topological polar surface area (TPSA) is 97.1 Å². The van der Waals surface area contributed by atoms with E-state index in [1.165, 1.54) is 0 Å². The zero-order valence-electron chi connectivity index (χ0n) is 19.7. The molecule has 5 aromatic rings. The van der Waals surface area contributed by atoms with Crippen molar-refractivity contribution >= 4 is 11.0 Å². The Kier molecular flexibility index (Phi) is 6.21. The molecule has 5 rings (SSSR count). The van der Waals surface area contributed by atoms with Gasteiger partial charge in [0.05, 0.1) is 42.8 Å². The summed E-state index contributed by atoms with van der Waals surface area (Å²) in [7, 11) is 5.10. The monoisotopic (exact) mass is 468 g/mol. The summed E-state index contributed by atoms with van der Waals surface area (Å²) in [6, 6.07) is 11.6. The molecule has 0 aromatic carbocycles. The lowest BCUT2D eigenvalue weighted by atomic mass is 10.0. The molecule has 176 valence electrons. The maximum absolute atomic E-state index is 5.85. The lowest BCUT2D eigenvalue weighted by molar-refractivity contribution is 0.268. The van der Waals surface area contributed by atoms with Gasteiger partial charge in [0.15, 0.2) is 5.75 Å². The molecule has 0 bridgehead atoms. The van der Waals surface area contributed by atoms with Gasteiger partial charge in [0.25, 0.3) is 5.88 Å². The Morgan fingerprint density at radius 1 is 0.886 bits per heavy atom. The quantitative estimate of drug-likeness (QED) is 0.337. The average molecular weight is 469 g/mol. The molecule has 0 amide bonds. The van der Waals surface area contributed by atoms with Crippen molar-refractivity contribution in [1.82, 2.24) is 29.7 Å². The fourth-order valence-electron chi connectivity index (χ4n) is 3.74. The summed E-state index contributed by atoms with van der Waals surface area (Å²) in [5.41, 5.74) is 6.23. The smallest absolute Gasteiger partial charge is 0.257 e. The molecule has 0 aliphatic rings. The van der Waals surface area contributed by atoms with Gasteiger partial charge in [-0.05, 0) is 47.5 Å². The molecule has 5 aromatic heterocycles. The highest BCUT2D eigenvalue weighted by Crippen LogP contribution is 2.28. The van der Waals surface area contributed by atoms with Gasteiger partial charge in [0.1, 0.15) is 12.4 Å². The molecule has 0 aliphatic carbocycles. The SMILES string of the molecule is COc1ccc(COc2ncc(Cc3ccnc4cc(-c5ccn(C)n5)cnc34)cc2OC)nc1. The van der Waals surface area contributed by atoms with Crippen molar-refractivity contribution in [3.63, 3.8) is 0 Å². The Balaban J connectivity index is 1.35. The van der Waals surface area contributed by atoms with E-state index >= 15 is 0 Å². The third kappa shape index (κ3) is 4.89. The van der Waals surface area contributed by atoms with Crippen molar-refractivity contribution in [3.05, 3.63) is 84.2 Å². The molecule has 0 saturated carbocycles. The van der Waals surface area contributed by atoms with Gasteiger partial charge in [-0.2, -0.15) is 5.10 Å². The van der Waals surface area contributed by atoms with Crippen LogP contribution in [-0.4, -0.2) is 43.9 Å². The molecule has 0 fully saturated rings. The number of methoxy groups -OCH3 is 2. The molecular weight excluding hydrogens is 444 g/mol. The highest BCUT2D eigenvalue weighted by Gasteiger charge is 2.12. The van der Waals surface area contributed by atoms with Gasteiger partial charge in [-0.25, -0.2) is 4.98 Å². The molecule has 0 atom stereocenters. The van der Waals surface area contributed by atoms with E-state index in [1.807, 2.05) is 55.8 Å². The third-order valence-corrected chi connectivity index (χ3v) is 5.55. The van der Waals surface area contributed by atoms with Crippen LogP contribution in [0.15, 0.2) is 67.4 Å². The minimum absolute atomic E-state index is 0.268. The molecule has 9 heteroatoms. The van der Waals surface area contributed by atoms with E-state index in [1.54, 1.807) is 37.5 Å². The number of rotatable bonds is 8. The van der Waals surface area contributed by atoms with Crippen LogP contribution in [0.5, 0.6) is 17.4 Å². The number of ether oxygens (including phenoxy) is 3. The molecule has 0 N–H and O–H groups in total. The zero-order valence-corrected chi connectivity index (χ0v) is 19.7. The lowest BCUT2D eigenvalue weighted by Crippen LogP contribution is -2.03. The zero-order chi connectivity index (χ0) is 24.2. The largest absolute Gasteiger partial charge is 0.495 e. The van der Waals surface area contributed by atoms with Crippen molar-refractivity contribution in [2.24, 2.45) is 7.05 Å². The van der Waals surface area contributed by atoms with Crippen LogP contribution in [0, 0.1) is 0 Å². The first-order valence-electron chi connectivity index (χ1n) is 11.0. The number of nitrogens with zero attached hydrogens (tertiary/aromatic N) is 6. The molecule has 5 heterocycles. The van der Waals surface area contributed by atoms with Gasteiger partial charge in [-0.3, -0.25) is 19.6 Å². The average Bonchev–Trinajstić information content (AvgIpc) is 3.34. The van der Waals surface area contributed by atoms with Crippen molar-refractivity contribution < 1.29 is 14.2 Å². The second kappa shape index (κ2) is 9.76. The summed E-state index contributed by atoms with van der Waals surface area (Å²) in [6.45, 7) is 0.268. The highest BCUT2D eigenvalue weighted by molar-refractivity contribution is 5.82. The fraction of sp³-hybridized carbons (Fsp3) is 0.192. The Bertz CT molecular complexity index is 1470. The summed E-state index contributed by atoms with van der Waals surface area (Å²) < 4.78 is 18.3. The number of aryl methyl sites for hydroxylation is 1. The standard InChI is InChI=1S/C26H24N6O3/c1-32-9-7-22(31-32)19-12-23-25(29-14-19)18(6-8-27-23)10-17-11-24(34-3)26(30-13-17)35-16-20-4-5-21(33-2)15-28-20/h4-9,11-15H,10,16H2,1-3H3. The number of hydrogen-bond donors (Lipinski definition) is 0. The number of aromatic nitrogens is 6. The molecule has 0 spiro atoms. The molecular formula is C26H24N6O3. The molecule has 0 unspecified atom stereocenters. The van der Waals surface area contributed by atoms with Crippen molar-refractivity contribution in [1.29, 1.82) is 0 Å². The van der Waals surface area contributed by atoms with Crippen molar-refractivity contribution in [2.75, 3.05) is 14.2 Å². The normalized spacial score (nSPS) is 10.9. The van der Waals surface area contributed by atoms with E-state index in [0.29, 0.717) is 23.8 Å². The van der Waals surface area contributed by atoms with E-state index in [4.69, 9.17) is 19.2 Å². The Morgan fingerprint density at radius 3 is 2.54 bits per heavy atom. The van der Waals surface area contributed by atoms with Gasteiger partial charge in [-0.15, -0.1) is 0 Å². The van der Waals surface area contributed by atoms with Crippen LogP contribution in [-0.2, 0) is 20.1 Å². The van der Waals surface area contributed by atoms with Gasteiger partial charge in [0, 0.05) is 43.8 Å². The number of fused-ring (bicyclic) bond motifs is 1. The summed E-state index contributed by atoms with van der Waals surface area (Å²) in [4.78, 5) is 18.0. The summed E-state index contributed by atoms with van der Waals surface area (Å²) in [6.07, 6.45) is 9.60. The predicted molar refractivity (Wildman–Crippen MR) is 130 cm³/mol. The Labute approximate surface area is 202 Å². The molecule has 0 aliphatic heterocycles. The van der Waals surface area contributed by atoms with Gasteiger partial charge in [-0.1, -0.05) is 0 Å². The van der Waals surface area contributed by atoms with E-state index in [0.717, 1.165) is 39.1 Å². The van der Waals surface area contributed by atoms with E-state index in [-0.39, 0.29) is 6.61 Å². The van der Waals surface area contributed by atoms with E-state index in [2.05, 4.69) is 20.1 Å². The third-order valence-electron chi connectivity index (χ3n) is 5.55. The maximum atomic E-state index is 5.85. The fourth-order valence-corrected chi connectivity index (χ4v) is 3.74. The lowest BCUT2D eigenvalue weighted by Gasteiger charge is -2.12. The van der Waals surface area contributed by atoms with Crippen LogP contribution in [0.2, 0.25) is 0 Å². The Morgan fingerprint density at radius 2 is 1.80 bits per heavy atom. The number of pyridine rings is 4. The minimum atomic E-state index is 0.268. The molecule has 9 nitrogen and oxygen atoms in total. The first-order chi connectivity index (χ1) is 17.1. The predicted octanol–water partition coefficient (Wildman–Crippen LogP) is 4.01. The van der Waals surface area contributed by atoms with Crippen LogP contribution in [0.3, 0.4) is 0 Å². The highest BCUT2D eigenvalue weighted by atomic mass is 16.5. The van der Waals surface area contributed by atoms with Crippen LogP contribution in [0.4, 0.5) is 0 Å². The minimum Gasteiger partial charge on any atom is -0.495 e. The number of hydrogen-bond acceptors (Lipinski definition) is 8. The van der Waals surface area contributed by atoms with Crippen LogP contribution >= 0.6 is 0 Å². The first-order valence-corrected chi connectivity index (χ1v) is 11.0. The summed E-state index contributed by atoms with van der Waals surface area (Å²) in [5, 5.41) is 4.45. The second-order valence-corrected chi connectivity index (χ2v) is 7.94. The summed E-state index contributed by atoms with van der Waals surface area (Å²) >= 11 is 0. The van der Waals surface area contributed by atoms with Crippen molar-refractivity contribution in [2.45, 2.75) is 13.0 Å². The molecule has 0 saturated heterocycles. The molecule has 35 heavy (non-hydrogen) atoms. The van der Waals surface area contributed by atoms with E-state index in [9.17, 15) is 0 Å². The van der Waals surface area contributed by atoms with Crippen LogP contribution in [0.25, 0.3) is 22.3 Å². The first kappa shape index (κ1) is 22.3. The molecule has 0 radical (unpaired) electrons. The van der Waals surface area contributed by atoms with Gasteiger partial charge in [0.2, 0.25) is 0 Å². The Hall–Kier alpha value is -4.53. The second-order valence-electron chi connectivity index (χ2n) is 7.94.